The number of nitrogen functional groups attached to an aromatic ring is 1. The van der Waals surface area contributed by atoms with E-state index in [-0.39, 0.29) is 0 Å². The molecule has 1 saturated heterocycles. The summed E-state index contributed by atoms with van der Waals surface area (Å²) in [6, 6.07) is 2.35. The van der Waals surface area contributed by atoms with Crippen molar-refractivity contribution in [3.05, 3.63) is 34.8 Å². The highest BCUT2D eigenvalue weighted by atomic mass is 32.1. The molecule has 120 valence electrons. The van der Waals surface area contributed by atoms with Gasteiger partial charge in [0.15, 0.2) is 0 Å². The third-order valence-corrected chi connectivity index (χ3v) is 4.56. The van der Waals surface area contributed by atoms with Gasteiger partial charge in [0.2, 0.25) is 0 Å². The first-order chi connectivity index (χ1) is 10.1. The van der Waals surface area contributed by atoms with Gasteiger partial charge in [0.05, 0.1) is 11.2 Å². The minimum absolute atomic E-state index is 0.338. The maximum absolute atomic E-state index is 13.5. The van der Waals surface area contributed by atoms with Crippen LogP contribution in [-0.2, 0) is 9.31 Å². The second-order valence-electron chi connectivity index (χ2n) is 6.36. The van der Waals surface area contributed by atoms with Crippen molar-refractivity contribution in [2.24, 2.45) is 0 Å². The zero-order valence-corrected chi connectivity index (χ0v) is 14.0. The fraction of sp³-hybridized carbons (Fsp3) is 0.467. The molecule has 0 aliphatic carbocycles. The Labute approximate surface area is 135 Å². The van der Waals surface area contributed by atoms with E-state index in [9.17, 15) is 8.78 Å². The second-order valence-corrected chi connectivity index (χ2v) is 6.68. The molecule has 2 N–H and O–H groups in total. The number of thiol groups is 1. The predicted molar refractivity (Wildman–Crippen MR) is 88.7 cm³/mol. The van der Waals surface area contributed by atoms with Crippen LogP contribution < -0.4 is 5.73 Å². The van der Waals surface area contributed by atoms with Crippen molar-refractivity contribution in [3.8, 4) is 0 Å². The third kappa shape index (κ3) is 3.16. The average Bonchev–Trinajstić information content (AvgIpc) is 2.61. The number of hydrogen-bond acceptors (Lipinski definition) is 4. The highest BCUT2D eigenvalue weighted by Gasteiger charge is 2.52. The van der Waals surface area contributed by atoms with Crippen molar-refractivity contribution in [1.82, 2.24) is 0 Å². The Morgan fingerprint density at radius 1 is 1.18 bits per heavy atom. The molecule has 1 heterocycles. The zero-order chi connectivity index (χ0) is 16.7. The van der Waals surface area contributed by atoms with E-state index in [2.05, 4.69) is 12.6 Å². The molecule has 0 radical (unpaired) electrons. The van der Waals surface area contributed by atoms with Gasteiger partial charge in [-0.1, -0.05) is 6.08 Å². The minimum Gasteiger partial charge on any atom is -0.400 e. The lowest BCUT2D eigenvalue weighted by Gasteiger charge is -2.32. The maximum Gasteiger partial charge on any atom is 0.491 e. The fourth-order valence-corrected chi connectivity index (χ4v) is 2.32. The predicted octanol–water partition coefficient (Wildman–Crippen LogP) is 3.49. The summed E-state index contributed by atoms with van der Waals surface area (Å²) in [5.41, 5.74) is 4.84. The van der Waals surface area contributed by atoms with E-state index in [0.29, 0.717) is 16.8 Å². The van der Waals surface area contributed by atoms with E-state index >= 15 is 0 Å². The Kier molecular flexibility index (Phi) is 4.62. The molecule has 0 spiro atoms. The normalized spacial score (nSPS) is 20.5. The molecule has 1 fully saturated rings. The van der Waals surface area contributed by atoms with E-state index in [4.69, 9.17) is 15.0 Å². The topological polar surface area (TPSA) is 44.5 Å². The summed E-state index contributed by atoms with van der Waals surface area (Å²) in [7, 11) is -0.605. The van der Waals surface area contributed by atoms with Crippen LogP contribution in [0.5, 0.6) is 0 Å². The van der Waals surface area contributed by atoms with Gasteiger partial charge in [-0.3, -0.25) is 0 Å². The average molecular weight is 327 g/mol. The smallest absolute Gasteiger partial charge is 0.400 e. The van der Waals surface area contributed by atoms with E-state index in [1.807, 2.05) is 27.7 Å². The SMILES string of the molecule is CC1(C)OB(C(=Cc2cc(F)c(N)c(F)c2)CS)OC1(C)C. The lowest BCUT2D eigenvalue weighted by atomic mass is 9.78. The van der Waals surface area contributed by atoms with Gasteiger partial charge in [0, 0.05) is 5.75 Å². The fourth-order valence-electron chi connectivity index (χ4n) is 2.08. The summed E-state index contributed by atoms with van der Waals surface area (Å²) in [6.07, 6.45) is 1.61. The molecule has 0 aromatic heterocycles. The van der Waals surface area contributed by atoms with Crippen LogP contribution in [0.15, 0.2) is 17.6 Å². The number of halogens is 2. The summed E-state index contributed by atoms with van der Waals surface area (Å²) in [6.45, 7) is 7.74. The number of anilines is 1. The summed E-state index contributed by atoms with van der Waals surface area (Å²) < 4.78 is 38.9. The molecule has 1 aliphatic heterocycles. The third-order valence-electron chi connectivity index (χ3n) is 4.19. The molecule has 0 bridgehead atoms. The molecule has 1 aliphatic rings. The molecule has 0 atom stereocenters. The van der Waals surface area contributed by atoms with Crippen molar-refractivity contribution < 1.29 is 18.1 Å². The highest BCUT2D eigenvalue weighted by molar-refractivity contribution is 7.80. The summed E-state index contributed by atoms with van der Waals surface area (Å²) in [5.74, 6) is -1.25. The summed E-state index contributed by atoms with van der Waals surface area (Å²) in [5, 5.41) is 0. The van der Waals surface area contributed by atoms with Crippen LogP contribution in [0.3, 0.4) is 0 Å². The van der Waals surface area contributed by atoms with Crippen molar-refractivity contribution in [3.63, 3.8) is 0 Å². The Morgan fingerprint density at radius 2 is 1.64 bits per heavy atom. The minimum atomic E-state index is -0.793. The molecular weight excluding hydrogens is 307 g/mol. The van der Waals surface area contributed by atoms with Crippen molar-refractivity contribution in [2.45, 2.75) is 38.9 Å². The molecule has 1 aromatic carbocycles. The quantitative estimate of drug-likeness (QED) is 0.507. The van der Waals surface area contributed by atoms with Crippen LogP contribution in [-0.4, -0.2) is 24.1 Å². The lowest BCUT2D eigenvalue weighted by molar-refractivity contribution is 0.00578. The molecule has 1 aromatic rings. The number of hydrogen-bond donors (Lipinski definition) is 2. The molecule has 0 amide bonds. The Hall–Kier alpha value is -1.05. The molecule has 3 nitrogen and oxygen atoms in total. The second kappa shape index (κ2) is 5.87. The molecular formula is C15H20BF2NO2S. The van der Waals surface area contributed by atoms with Gasteiger partial charge in [0.25, 0.3) is 0 Å². The van der Waals surface area contributed by atoms with Crippen molar-refractivity contribution in [2.75, 3.05) is 11.5 Å². The van der Waals surface area contributed by atoms with Gasteiger partial charge in [-0.15, -0.1) is 0 Å². The summed E-state index contributed by atoms with van der Waals surface area (Å²) >= 11 is 4.27. The van der Waals surface area contributed by atoms with Gasteiger partial charge < -0.3 is 15.0 Å². The van der Waals surface area contributed by atoms with Crippen LogP contribution in [0.25, 0.3) is 6.08 Å². The van der Waals surface area contributed by atoms with Crippen LogP contribution in [0.1, 0.15) is 33.3 Å². The summed E-state index contributed by atoms with van der Waals surface area (Å²) in [4.78, 5) is 0. The first kappa shape index (κ1) is 17.3. The molecule has 22 heavy (non-hydrogen) atoms. The first-order valence-electron chi connectivity index (χ1n) is 6.99. The Bertz CT molecular complexity index is 581. The zero-order valence-electron chi connectivity index (χ0n) is 13.1. The Balaban J connectivity index is 2.34. The largest absolute Gasteiger partial charge is 0.491 e. The Morgan fingerprint density at radius 3 is 2.05 bits per heavy atom. The monoisotopic (exact) mass is 327 g/mol. The van der Waals surface area contributed by atoms with Crippen LogP contribution in [0.2, 0.25) is 0 Å². The molecule has 7 heteroatoms. The molecule has 0 unspecified atom stereocenters. The highest BCUT2D eigenvalue weighted by Crippen LogP contribution is 2.39. The van der Waals surface area contributed by atoms with Gasteiger partial charge >= 0.3 is 7.12 Å². The van der Waals surface area contributed by atoms with Crippen LogP contribution in [0.4, 0.5) is 14.5 Å². The molecule has 2 rings (SSSR count). The molecule has 0 saturated carbocycles. The van der Waals surface area contributed by atoms with E-state index < -0.39 is 35.6 Å². The van der Waals surface area contributed by atoms with Crippen LogP contribution >= 0.6 is 12.6 Å². The van der Waals surface area contributed by atoms with Crippen molar-refractivity contribution in [1.29, 1.82) is 0 Å². The van der Waals surface area contributed by atoms with Gasteiger partial charge in [-0.05, 0) is 50.9 Å². The van der Waals surface area contributed by atoms with E-state index in [0.717, 1.165) is 0 Å². The lowest BCUT2D eigenvalue weighted by Crippen LogP contribution is -2.41. The van der Waals surface area contributed by atoms with Gasteiger partial charge in [-0.2, -0.15) is 12.6 Å². The number of nitrogens with two attached hydrogens (primary N) is 1. The van der Waals surface area contributed by atoms with E-state index in [1.54, 1.807) is 6.08 Å². The maximum atomic E-state index is 13.5. The van der Waals surface area contributed by atoms with Crippen LogP contribution in [0, 0.1) is 11.6 Å². The van der Waals surface area contributed by atoms with E-state index in [1.165, 1.54) is 12.1 Å². The number of benzene rings is 1. The van der Waals surface area contributed by atoms with Gasteiger partial charge in [-0.25, -0.2) is 8.78 Å². The van der Waals surface area contributed by atoms with Crippen molar-refractivity contribution >= 4 is 31.5 Å². The first-order valence-corrected chi connectivity index (χ1v) is 7.62. The standard InChI is InChI=1S/C15H20BF2NO2S/c1-14(2)15(3,4)21-16(20-14)10(8-22)5-9-6-11(17)13(19)12(18)7-9/h5-7,22H,8,19H2,1-4H3. The number of rotatable bonds is 3. The van der Waals surface area contributed by atoms with Gasteiger partial charge in [0.1, 0.15) is 17.3 Å².